The smallest absolute Gasteiger partial charge is 0.306 e. The first kappa shape index (κ1) is 15.5. The zero-order chi connectivity index (χ0) is 15.6. The Morgan fingerprint density at radius 2 is 1.90 bits per heavy atom. The average molecular weight is 314 g/mol. The number of hydrogen-bond acceptors (Lipinski definition) is 5. The SMILES string of the molecule is CO[C@@H]1O[C@@H]2[C@H]3CC(=O)O[C@@H]2[C@H](O[Si](C)(C)C(C)(C)C)[C@@H]13. The van der Waals surface area contributed by atoms with E-state index in [1.165, 1.54) is 0 Å². The molecule has 2 heterocycles. The molecule has 3 aliphatic rings. The Bertz CT molecular complexity index is 444. The van der Waals surface area contributed by atoms with Gasteiger partial charge in [0.25, 0.3) is 0 Å². The molecule has 2 aliphatic heterocycles. The minimum Gasteiger partial charge on any atom is -0.457 e. The van der Waals surface area contributed by atoms with Gasteiger partial charge < -0.3 is 18.6 Å². The zero-order valence-corrected chi connectivity index (χ0v) is 14.7. The molecule has 0 aromatic carbocycles. The van der Waals surface area contributed by atoms with Crippen molar-refractivity contribution in [3.05, 3.63) is 0 Å². The maximum atomic E-state index is 11.8. The van der Waals surface area contributed by atoms with E-state index < -0.39 is 8.32 Å². The van der Waals surface area contributed by atoms with Gasteiger partial charge in [-0.15, -0.1) is 0 Å². The van der Waals surface area contributed by atoms with Crippen molar-refractivity contribution in [2.75, 3.05) is 7.11 Å². The molecule has 0 spiro atoms. The van der Waals surface area contributed by atoms with E-state index >= 15 is 0 Å². The second-order valence-corrected chi connectivity index (χ2v) is 12.7. The maximum Gasteiger partial charge on any atom is 0.306 e. The zero-order valence-electron chi connectivity index (χ0n) is 13.7. The molecule has 0 N–H and O–H groups in total. The minimum absolute atomic E-state index is 0.0626. The Labute approximate surface area is 127 Å². The third kappa shape index (κ3) is 2.27. The van der Waals surface area contributed by atoms with Gasteiger partial charge in [-0.1, -0.05) is 20.8 Å². The lowest BCUT2D eigenvalue weighted by atomic mass is 9.92. The lowest BCUT2D eigenvalue weighted by Crippen LogP contribution is -2.53. The van der Waals surface area contributed by atoms with Crippen molar-refractivity contribution < 1.29 is 23.4 Å². The topological polar surface area (TPSA) is 54.0 Å². The van der Waals surface area contributed by atoms with E-state index in [9.17, 15) is 4.79 Å². The van der Waals surface area contributed by atoms with Crippen molar-refractivity contribution in [2.45, 2.75) is 69.9 Å². The van der Waals surface area contributed by atoms with Crippen LogP contribution in [0.2, 0.25) is 18.1 Å². The van der Waals surface area contributed by atoms with Gasteiger partial charge >= 0.3 is 5.97 Å². The minimum atomic E-state index is -1.93. The molecule has 6 atom stereocenters. The van der Waals surface area contributed by atoms with E-state index in [4.69, 9.17) is 18.6 Å². The summed E-state index contributed by atoms with van der Waals surface area (Å²) >= 11 is 0. The molecule has 0 aromatic rings. The van der Waals surface area contributed by atoms with E-state index in [-0.39, 0.29) is 47.4 Å². The first-order chi connectivity index (χ1) is 9.65. The van der Waals surface area contributed by atoms with E-state index in [1.807, 2.05) is 0 Å². The molecule has 1 saturated carbocycles. The number of ether oxygens (including phenoxy) is 3. The summed E-state index contributed by atoms with van der Waals surface area (Å²) < 4.78 is 23.5. The summed E-state index contributed by atoms with van der Waals surface area (Å²) in [4.78, 5) is 11.8. The Kier molecular flexibility index (Phi) is 3.52. The first-order valence-electron chi connectivity index (χ1n) is 7.71. The van der Waals surface area contributed by atoms with Gasteiger partial charge in [-0.25, -0.2) is 0 Å². The fraction of sp³-hybridized carbons (Fsp3) is 0.933. The predicted octanol–water partition coefficient (Wildman–Crippen LogP) is 2.31. The van der Waals surface area contributed by atoms with Crippen LogP contribution in [0.3, 0.4) is 0 Å². The molecule has 2 saturated heterocycles. The molecule has 5 nitrogen and oxygen atoms in total. The van der Waals surface area contributed by atoms with Crippen LogP contribution in [0.1, 0.15) is 27.2 Å². The van der Waals surface area contributed by atoms with Crippen LogP contribution in [-0.4, -0.2) is 46.0 Å². The number of esters is 1. The van der Waals surface area contributed by atoms with Crippen LogP contribution in [-0.2, 0) is 23.4 Å². The molecule has 0 amide bonds. The van der Waals surface area contributed by atoms with Gasteiger partial charge in [0.1, 0.15) is 6.10 Å². The summed E-state index contributed by atoms with van der Waals surface area (Å²) in [5.41, 5.74) is 0. The molecule has 0 unspecified atom stereocenters. The Hall–Kier alpha value is -0.433. The van der Waals surface area contributed by atoms with Gasteiger partial charge in [0, 0.05) is 18.9 Å². The fourth-order valence-corrected chi connectivity index (χ4v) is 4.87. The molecule has 1 aliphatic carbocycles. The number of carbonyl (C=O) groups excluding carboxylic acids is 1. The monoisotopic (exact) mass is 314 g/mol. The Morgan fingerprint density at radius 1 is 1.24 bits per heavy atom. The summed E-state index contributed by atoms with van der Waals surface area (Å²) in [5, 5.41) is 0.121. The highest BCUT2D eigenvalue weighted by Gasteiger charge is 2.66. The summed E-state index contributed by atoms with van der Waals surface area (Å²) in [6, 6.07) is 0. The molecule has 3 rings (SSSR count). The Balaban J connectivity index is 1.86. The van der Waals surface area contributed by atoms with Crippen molar-refractivity contribution in [3.8, 4) is 0 Å². The second kappa shape index (κ2) is 4.78. The van der Waals surface area contributed by atoms with E-state index in [1.54, 1.807) is 7.11 Å². The van der Waals surface area contributed by atoms with E-state index in [0.717, 1.165) is 0 Å². The number of carbonyl (C=O) groups is 1. The van der Waals surface area contributed by atoms with Crippen molar-refractivity contribution in [1.82, 2.24) is 0 Å². The fourth-order valence-electron chi connectivity index (χ4n) is 3.55. The van der Waals surface area contributed by atoms with E-state index in [2.05, 4.69) is 33.9 Å². The highest BCUT2D eigenvalue weighted by molar-refractivity contribution is 6.74. The van der Waals surface area contributed by atoms with Crippen molar-refractivity contribution >= 4 is 14.3 Å². The van der Waals surface area contributed by atoms with Gasteiger partial charge in [-0.2, -0.15) is 0 Å². The van der Waals surface area contributed by atoms with Crippen LogP contribution in [0, 0.1) is 11.8 Å². The van der Waals surface area contributed by atoms with Crippen LogP contribution in [0.4, 0.5) is 0 Å². The van der Waals surface area contributed by atoms with Crippen molar-refractivity contribution in [1.29, 1.82) is 0 Å². The maximum absolute atomic E-state index is 11.8. The van der Waals surface area contributed by atoms with Crippen molar-refractivity contribution in [2.24, 2.45) is 11.8 Å². The molecular weight excluding hydrogens is 288 g/mol. The highest BCUT2D eigenvalue weighted by atomic mass is 28.4. The van der Waals surface area contributed by atoms with Gasteiger partial charge in [0.05, 0.1) is 12.5 Å². The Morgan fingerprint density at radius 3 is 2.48 bits per heavy atom. The van der Waals surface area contributed by atoms with Gasteiger partial charge in [0.15, 0.2) is 20.7 Å². The summed E-state index contributed by atoms with van der Waals surface area (Å²) in [5.74, 6) is 0.148. The molecule has 4 bridgehead atoms. The van der Waals surface area contributed by atoms with Crippen LogP contribution in [0.15, 0.2) is 0 Å². The molecule has 3 fully saturated rings. The van der Waals surface area contributed by atoms with Crippen LogP contribution >= 0.6 is 0 Å². The standard InChI is InChI=1S/C15H26O5Si/c1-15(2,3)21(5,6)20-12-10-8-7-9(16)18-13(12)11(8)19-14(10)17-4/h8,10-14H,7H2,1-6H3/t8-,10-,11+,12+,13-,14+/m0/s1. The molecule has 0 radical (unpaired) electrons. The average Bonchev–Trinajstić information content (AvgIpc) is 2.78. The van der Waals surface area contributed by atoms with Gasteiger partial charge in [-0.3, -0.25) is 4.79 Å². The van der Waals surface area contributed by atoms with Crippen LogP contribution in [0.5, 0.6) is 0 Å². The highest BCUT2D eigenvalue weighted by Crippen LogP contribution is 2.53. The first-order valence-corrected chi connectivity index (χ1v) is 10.6. The molecule has 6 heteroatoms. The van der Waals surface area contributed by atoms with Gasteiger partial charge in [0.2, 0.25) is 0 Å². The molecule has 0 aromatic heterocycles. The molecule has 21 heavy (non-hydrogen) atoms. The summed E-state index contributed by atoms with van der Waals surface area (Å²) in [6.45, 7) is 11.1. The molecular formula is C15H26O5Si. The van der Waals surface area contributed by atoms with Crippen LogP contribution < -0.4 is 0 Å². The second-order valence-electron chi connectivity index (χ2n) is 7.95. The third-order valence-corrected chi connectivity index (χ3v) is 10.2. The van der Waals surface area contributed by atoms with E-state index in [0.29, 0.717) is 6.42 Å². The number of rotatable bonds is 3. The largest absolute Gasteiger partial charge is 0.457 e. The van der Waals surface area contributed by atoms with Gasteiger partial charge in [-0.05, 0) is 18.1 Å². The summed E-state index contributed by atoms with van der Waals surface area (Å²) in [7, 11) is -0.280. The quantitative estimate of drug-likeness (QED) is 0.591. The van der Waals surface area contributed by atoms with Crippen LogP contribution in [0.25, 0.3) is 0 Å². The lowest BCUT2D eigenvalue weighted by Gasteiger charge is -2.43. The third-order valence-electron chi connectivity index (χ3n) is 5.69. The number of hydrogen-bond donors (Lipinski definition) is 0. The molecule has 120 valence electrons. The normalized spacial score (nSPS) is 42.3. The predicted molar refractivity (Wildman–Crippen MR) is 79.2 cm³/mol. The lowest BCUT2D eigenvalue weighted by molar-refractivity contribution is -0.221. The number of methoxy groups -OCH3 is 1. The summed E-state index contributed by atoms with van der Waals surface area (Å²) in [6.07, 6.45) is -0.274. The van der Waals surface area contributed by atoms with Crippen molar-refractivity contribution in [3.63, 3.8) is 0 Å².